The zero-order valence-corrected chi connectivity index (χ0v) is 18.2. The van der Waals surface area contributed by atoms with E-state index in [1.54, 1.807) is 6.07 Å². The van der Waals surface area contributed by atoms with Gasteiger partial charge in [-0.3, -0.25) is 0 Å². The second kappa shape index (κ2) is 8.78. The van der Waals surface area contributed by atoms with E-state index in [0.29, 0.717) is 5.69 Å². The zero-order chi connectivity index (χ0) is 22.8. The number of methoxy groups -OCH3 is 1. The normalized spacial score (nSPS) is 18.0. The fourth-order valence-corrected chi connectivity index (χ4v) is 4.22. The van der Waals surface area contributed by atoms with Gasteiger partial charge >= 0.3 is 6.61 Å². The predicted molar refractivity (Wildman–Crippen MR) is 113 cm³/mol. The Hall–Kier alpha value is -2.75. The molecule has 0 amide bonds. The Morgan fingerprint density at radius 2 is 1.81 bits per heavy atom. The molecule has 1 aromatic heterocycles. The molecule has 0 atom stereocenters. The molecule has 1 saturated heterocycles. The zero-order valence-electron chi connectivity index (χ0n) is 18.2. The summed E-state index contributed by atoms with van der Waals surface area (Å²) in [6.07, 6.45) is 2.64. The highest BCUT2D eigenvalue weighted by Gasteiger charge is 2.38. The summed E-state index contributed by atoms with van der Waals surface area (Å²) < 4.78 is 49.2. The molecule has 1 aromatic carbocycles. The standard InChI is InChI=1S/C21H28F3N5O2/c1-20(2)9-13(10-21(3,4)29-20)26-17-14(22)11-25-19(28-17)27-12-6-7-15(30-5)16(8-12)31-18(23)24/h6-8,11,13,18,29H,9-10H2,1-5H3,(H2,25,26,27,28). The van der Waals surface area contributed by atoms with Crippen molar-refractivity contribution in [1.82, 2.24) is 15.3 Å². The minimum absolute atomic E-state index is 0.00975. The minimum Gasteiger partial charge on any atom is -0.493 e. The summed E-state index contributed by atoms with van der Waals surface area (Å²) in [5.41, 5.74) is 0.153. The monoisotopic (exact) mass is 439 g/mol. The van der Waals surface area contributed by atoms with Crippen LogP contribution in [0.25, 0.3) is 0 Å². The summed E-state index contributed by atoms with van der Waals surface area (Å²) in [6, 6.07) is 4.41. The summed E-state index contributed by atoms with van der Waals surface area (Å²) in [5.74, 6) is -0.360. The van der Waals surface area contributed by atoms with E-state index in [9.17, 15) is 13.2 Å². The van der Waals surface area contributed by atoms with Crippen LogP contribution in [0, 0.1) is 5.82 Å². The number of halogens is 3. The van der Waals surface area contributed by atoms with Crippen molar-refractivity contribution in [2.24, 2.45) is 0 Å². The van der Waals surface area contributed by atoms with Gasteiger partial charge in [0.15, 0.2) is 23.1 Å². The number of nitrogens with one attached hydrogen (secondary N) is 3. The van der Waals surface area contributed by atoms with E-state index in [2.05, 4.69) is 58.4 Å². The summed E-state index contributed by atoms with van der Waals surface area (Å²) in [5, 5.41) is 9.66. The molecule has 0 saturated carbocycles. The van der Waals surface area contributed by atoms with Gasteiger partial charge < -0.3 is 25.4 Å². The third-order valence-electron chi connectivity index (χ3n) is 4.91. The van der Waals surface area contributed by atoms with Gasteiger partial charge in [0.25, 0.3) is 0 Å². The predicted octanol–water partition coefficient (Wildman–Crippen LogP) is 4.69. The lowest BCUT2D eigenvalue weighted by molar-refractivity contribution is -0.0511. The van der Waals surface area contributed by atoms with Crippen LogP contribution in [0.4, 0.5) is 30.6 Å². The number of hydrogen-bond donors (Lipinski definition) is 3. The fraction of sp³-hybridized carbons (Fsp3) is 0.524. The Labute approximate surface area is 179 Å². The van der Waals surface area contributed by atoms with Gasteiger partial charge in [0, 0.05) is 28.9 Å². The molecule has 2 aromatic rings. The highest BCUT2D eigenvalue weighted by molar-refractivity contribution is 5.60. The lowest BCUT2D eigenvalue weighted by Crippen LogP contribution is -2.60. The summed E-state index contributed by atoms with van der Waals surface area (Å²) in [4.78, 5) is 8.19. The van der Waals surface area contributed by atoms with Gasteiger partial charge in [0.05, 0.1) is 13.3 Å². The first-order valence-electron chi connectivity index (χ1n) is 9.95. The molecule has 1 aliphatic rings. The Balaban J connectivity index is 1.78. The van der Waals surface area contributed by atoms with Gasteiger partial charge in [0.2, 0.25) is 5.95 Å². The van der Waals surface area contributed by atoms with Crippen LogP contribution in [0.2, 0.25) is 0 Å². The second-order valence-corrected chi connectivity index (χ2v) is 8.90. The molecule has 2 heterocycles. The number of ether oxygens (including phenoxy) is 2. The van der Waals surface area contributed by atoms with Gasteiger partial charge in [-0.05, 0) is 52.7 Å². The second-order valence-electron chi connectivity index (χ2n) is 8.90. The number of nitrogens with zero attached hydrogens (tertiary/aromatic N) is 2. The molecule has 1 aliphatic heterocycles. The highest BCUT2D eigenvalue weighted by atomic mass is 19.3. The molecule has 0 spiro atoms. The largest absolute Gasteiger partial charge is 0.493 e. The van der Waals surface area contributed by atoms with E-state index >= 15 is 0 Å². The molecule has 0 unspecified atom stereocenters. The van der Waals surface area contributed by atoms with E-state index in [1.165, 1.54) is 19.2 Å². The maximum absolute atomic E-state index is 14.4. The van der Waals surface area contributed by atoms with E-state index in [0.717, 1.165) is 19.0 Å². The Kier molecular flexibility index (Phi) is 6.49. The molecule has 0 radical (unpaired) electrons. The number of rotatable bonds is 7. The van der Waals surface area contributed by atoms with Crippen LogP contribution >= 0.6 is 0 Å². The first-order chi connectivity index (χ1) is 14.5. The van der Waals surface area contributed by atoms with Gasteiger partial charge in [-0.15, -0.1) is 0 Å². The topological polar surface area (TPSA) is 80.3 Å². The lowest BCUT2D eigenvalue weighted by Gasteiger charge is -2.46. The van der Waals surface area contributed by atoms with Crippen LogP contribution in [-0.4, -0.2) is 40.8 Å². The Bertz CT molecular complexity index is 908. The average molecular weight is 439 g/mol. The fourth-order valence-electron chi connectivity index (χ4n) is 4.22. The van der Waals surface area contributed by atoms with Gasteiger partial charge in [0.1, 0.15) is 0 Å². The molecule has 0 aliphatic carbocycles. The van der Waals surface area contributed by atoms with E-state index in [1.807, 2.05) is 0 Å². The molecule has 170 valence electrons. The number of alkyl halides is 2. The van der Waals surface area contributed by atoms with Crippen LogP contribution in [0.3, 0.4) is 0 Å². The van der Waals surface area contributed by atoms with E-state index in [-0.39, 0.29) is 40.4 Å². The van der Waals surface area contributed by atoms with Crippen molar-refractivity contribution in [1.29, 1.82) is 0 Å². The third kappa shape index (κ3) is 6.13. The maximum Gasteiger partial charge on any atom is 0.387 e. The van der Waals surface area contributed by atoms with Gasteiger partial charge in [-0.2, -0.15) is 13.8 Å². The number of aromatic nitrogens is 2. The number of hydrogen-bond acceptors (Lipinski definition) is 7. The van der Waals surface area contributed by atoms with Crippen molar-refractivity contribution in [2.75, 3.05) is 17.7 Å². The van der Waals surface area contributed by atoms with Crippen molar-refractivity contribution in [3.8, 4) is 11.5 Å². The van der Waals surface area contributed by atoms with Crippen LogP contribution in [0.1, 0.15) is 40.5 Å². The van der Waals surface area contributed by atoms with Crippen molar-refractivity contribution < 1.29 is 22.6 Å². The molecule has 3 rings (SSSR count). The average Bonchev–Trinajstić information content (AvgIpc) is 2.61. The number of anilines is 3. The highest BCUT2D eigenvalue weighted by Crippen LogP contribution is 2.33. The summed E-state index contributed by atoms with van der Waals surface area (Å²) in [7, 11) is 1.35. The molecule has 31 heavy (non-hydrogen) atoms. The number of piperidine rings is 1. The summed E-state index contributed by atoms with van der Waals surface area (Å²) >= 11 is 0. The van der Waals surface area contributed by atoms with E-state index in [4.69, 9.17) is 4.74 Å². The van der Waals surface area contributed by atoms with Crippen LogP contribution in [-0.2, 0) is 0 Å². The van der Waals surface area contributed by atoms with Crippen molar-refractivity contribution in [3.63, 3.8) is 0 Å². The van der Waals surface area contributed by atoms with Crippen LogP contribution in [0.5, 0.6) is 11.5 Å². The first-order valence-corrected chi connectivity index (χ1v) is 9.95. The first kappa shape index (κ1) is 22.9. The SMILES string of the molecule is COc1ccc(Nc2ncc(F)c(NC3CC(C)(C)NC(C)(C)C3)n2)cc1OC(F)F. The number of benzene rings is 1. The molecular formula is C21H28F3N5O2. The van der Waals surface area contributed by atoms with Crippen LogP contribution < -0.4 is 25.4 Å². The molecule has 3 N–H and O–H groups in total. The Morgan fingerprint density at radius 3 is 2.42 bits per heavy atom. The van der Waals surface area contributed by atoms with Crippen LogP contribution in [0.15, 0.2) is 24.4 Å². The maximum atomic E-state index is 14.4. The van der Waals surface area contributed by atoms with Crippen molar-refractivity contribution in [2.45, 2.75) is 64.3 Å². The third-order valence-corrected chi connectivity index (χ3v) is 4.91. The van der Waals surface area contributed by atoms with Crippen molar-refractivity contribution in [3.05, 3.63) is 30.2 Å². The lowest BCUT2D eigenvalue weighted by atomic mass is 9.79. The Morgan fingerprint density at radius 1 is 1.13 bits per heavy atom. The summed E-state index contributed by atoms with van der Waals surface area (Å²) in [6.45, 7) is 5.42. The molecule has 1 fully saturated rings. The molecule has 7 nitrogen and oxygen atoms in total. The quantitative estimate of drug-likeness (QED) is 0.578. The molecule has 0 bridgehead atoms. The van der Waals surface area contributed by atoms with Gasteiger partial charge in [-0.1, -0.05) is 0 Å². The molecular weight excluding hydrogens is 411 g/mol. The minimum atomic E-state index is -3.00. The van der Waals surface area contributed by atoms with Gasteiger partial charge in [-0.25, -0.2) is 9.37 Å². The van der Waals surface area contributed by atoms with Crippen molar-refractivity contribution >= 4 is 17.5 Å². The smallest absolute Gasteiger partial charge is 0.387 e. The van der Waals surface area contributed by atoms with E-state index < -0.39 is 12.4 Å². The molecule has 10 heteroatoms.